The fourth-order valence-corrected chi connectivity index (χ4v) is 2.53. The maximum absolute atomic E-state index is 12.5. The Morgan fingerprint density at radius 3 is 2.25 bits per heavy atom. The van der Waals surface area contributed by atoms with Gasteiger partial charge in [0.05, 0.1) is 0 Å². The number of hydrogen-bond donors (Lipinski definition) is 0. The summed E-state index contributed by atoms with van der Waals surface area (Å²) in [5.74, 6) is 0.145. The highest BCUT2D eigenvalue weighted by molar-refractivity contribution is 6.09. The second-order valence-electron chi connectivity index (χ2n) is 4.98. The normalized spacial score (nSPS) is 14.8. The molecule has 0 saturated heterocycles. The predicted octanol–water partition coefficient (Wildman–Crippen LogP) is 4.05. The van der Waals surface area contributed by atoms with E-state index < -0.39 is 0 Å². The molecule has 3 rings (SSSR count). The van der Waals surface area contributed by atoms with Crippen LogP contribution >= 0.6 is 0 Å². The molecule has 1 heterocycles. The first-order valence-corrected chi connectivity index (χ1v) is 6.97. The Hall–Kier alpha value is -2.35. The molecule has 0 spiro atoms. The van der Waals surface area contributed by atoms with Crippen molar-refractivity contribution in [2.24, 2.45) is 0 Å². The van der Waals surface area contributed by atoms with E-state index in [-0.39, 0.29) is 5.78 Å². The summed E-state index contributed by atoms with van der Waals surface area (Å²) in [6.45, 7) is 0.968. The molecule has 2 aromatic carbocycles. The highest BCUT2D eigenvalue weighted by Crippen LogP contribution is 2.24. The van der Waals surface area contributed by atoms with Crippen LogP contribution in [0.4, 0.5) is 5.69 Å². The molecule has 0 atom stereocenters. The van der Waals surface area contributed by atoms with Crippen molar-refractivity contribution >= 4 is 11.5 Å². The van der Waals surface area contributed by atoms with Gasteiger partial charge in [-0.25, -0.2) is 0 Å². The second-order valence-corrected chi connectivity index (χ2v) is 4.98. The Balaban J connectivity index is 1.87. The lowest BCUT2D eigenvalue weighted by Crippen LogP contribution is -2.24. The van der Waals surface area contributed by atoms with Gasteiger partial charge in [0.2, 0.25) is 0 Å². The fourth-order valence-electron chi connectivity index (χ4n) is 2.53. The molecule has 0 aromatic heterocycles. The van der Waals surface area contributed by atoms with Gasteiger partial charge in [-0.3, -0.25) is 4.79 Å². The molecule has 20 heavy (non-hydrogen) atoms. The molecular formula is C18H17NO. The Morgan fingerprint density at radius 2 is 1.55 bits per heavy atom. The fraction of sp³-hybridized carbons (Fsp3) is 0.167. The molecule has 100 valence electrons. The van der Waals surface area contributed by atoms with E-state index in [1.54, 1.807) is 0 Å². The first kappa shape index (κ1) is 12.7. The van der Waals surface area contributed by atoms with Gasteiger partial charge in [0.15, 0.2) is 5.78 Å². The lowest BCUT2D eigenvalue weighted by Gasteiger charge is -2.26. The summed E-state index contributed by atoms with van der Waals surface area (Å²) < 4.78 is 0. The highest BCUT2D eigenvalue weighted by Gasteiger charge is 2.18. The van der Waals surface area contributed by atoms with Crippen LogP contribution in [-0.4, -0.2) is 12.3 Å². The van der Waals surface area contributed by atoms with E-state index in [0.717, 1.165) is 36.2 Å². The van der Waals surface area contributed by atoms with Crippen LogP contribution in [0.5, 0.6) is 0 Å². The Kier molecular flexibility index (Phi) is 3.64. The van der Waals surface area contributed by atoms with Crippen molar-refractivity contribution in [3.63, 3.8) is 0 Å². The van der Waals surface area contributed by atoms with Gasteiger partial charge in [0.1, 0.15) is 0 Å². The Morgan fingerprint density at radius 1 is 0.900 bits per heavy atom. The van der Waals surface area contributed by atoms with Crippen molar-refractivity contribution in [2.75, 3.05) is 11.4 Å². The van der Waals surface area contributed by atoms with Crippen LogP contribution in [0.25, 0.3) is 0 Å². The van der Waals surface area contributed by atoms with Crippen LogP contribution in [0.3, 0.4) is 0 Å². The maximum atomic E-state index is 12.5. The molecule has 0 radical (unpaired) electrons. The Labute approximate surface area is 119 Å². The highest BCUT2D eigenvalue weighted by atomic mass is 16.1. The molecular weight excluding hydrogens is 246 g/mol. The first-order chi connectivity index (χ1) is 9.84. The lowest BCUT2D eigenvalue weighted by molar-refractivity contribution is 0.102. The van der Waals surface area contributed by atoms with E-state index in [4.69, 9.17) is 0 Å². The number of anilines is 1. The summed E-state index contributed by atoms with van der Waals surface area (Å²) in [5, 5.41) is 0. The molecule has 0 bridgehead atoms. The van der Waals surface area contributed by atoms with Gasteiger partial charge in [0, 0.05) is 29.6 Å². The summed E-state index contributed by atoms with van der Waals surface area (Å²) in [5.41, 5.74) is 2.81. The third-order valence-electron chi connectivity index (χ3n) is 3.57. The third kappa shape index (κ3) is 2.64. The van der Waals surface area contributed by atoms with Crippen molar-refractivity contribution in [2.45, 2.75) is 12.8 Å². The lowest BCUT2D eigenvalue weighted by atomic mass is 9.98. The molecule has 0 fully saturated rings. The number of Topliss-reactive ketones (excluding diaryl/α,β-unsaturated/α-hetero) is 1. The monoisotopic (exact) mass is 263 g/mol. The molecule has 0 unspecified atom stereocenters. The number of allylic oxidation sites excluding steroid dienone is 1. The van der Waals surface area contributed by atoms with Crippen LogP contribution in [0, 0.1) is 0 Å². The van der Waals surface area contributed by atoms with Gasteiger partial charge in [-0.05, 0) is 25.0 Å². The van der Waals surface area contributed by atoms with E-state index in [1.165, 1.54) is 0 Å². The molecule has 0 amide bonds. The standard InChI is InChI=1S/C18H17NO/c20-18(15-8-3-1-4-9-15)16-10-7-13-19(14-16)17-11-5-2-6-12-17/h1-6,8-9,11-12,14H,7,10,13H2. The maximum Gasteiger partial charge on any atom is 0.190 e. The average Bonchev–Trinajstić information content (AvgIpc) is 2.56. The van der Waals surface area contributed by atoms with Gasteiger partial charge in [-0.1, -0.05) is 48.5 Å². The number of carbonyl (C=O) groups is 1. The zero-order valence-corrected chi connectivity index (χ0v) is 11.3. The summed E-state index contributed by atoms with van der Waals surface area (Å²) in [4.78, 5) is 14.6. The number of ketones is 1. The number of nitrogens with zero attached hydrogens (tertiary/aromatic N) is 1. The summed E-state index contributed by atoms with van der Waals surface area (Å²) in [6, 6.07) is 19.7. The topological polar surface area (TPSA) is 20.3 Å². The third-order valence-corrected chi connectivity index (χ3v) is 3.57. The van der Waals surface area contributed by atoms with Crippen molar-refractivity contribution in [1.29, 1.82) is 0 Å². The molecule has 1 aliphatic heterocycles. The minimum atomic E-state index is 0.145. The molecule has 2 nitrogen and oxygen atoms in total. The number of para-hydroxylation sites is 1. The van der Waals surface area contributed by atoms with E-state index in [2.05, 4.69) is 17.0 Å². The number of rotatable bonds is 3. The summed E-state index contributed by atoms with van der Waals surface area (Å²) >= 11 is 0. The predicted molar refractivity (Wildman–Crippen MR) is 81.9 cm³/mol. The minimum Gasteiger partial charge on any atom is -0.348 e. The van der Waals surface area contributed by atoms with E-state index in [9.17, 15) is 4.79 Å². The zero-order chi connectivity index (χ0) is 13.8. The smallest absolute Gasteiger partial charge is 0.190 e. The second kappa shape index (κ2) is 5.74. The van der Waals surface area contributed by atoms with Crippen LogP contribution in [-0.2, 0) is 0 Å². The van der Waals surface area contributed by atoms with Crippen LogP contribution in [0.2, 0.25) is 0 Å². The Bertz CT molecular complexity index is 616. The number of benzene rings is 2. The zero-order valence-electron chi connectivity index (χ0n) is 11.3. The summed E-state index contributed by atoms with van der Waals surface area (Å²) in [7, 11) is 0. The van der Waals surface area contributed by atoms with E-state index in [1.807, 2.05) is 54.7 Å². The van der Waals surface area contributed by atoms with Crippen molar-refractivity contribution in [3.05, 3.63) is 78.0 Å². The number of hydrogen-bond acceptors (Lipinski definition) is 2. The molecule has 2 heteroatoms. The van der Waals surface area contributed by atoms with Gasteiger partial charge in [0.25, 0.3) is 0 Å². The molecule has 0 aliphatic carbocycles. The van der Waals surface area contributed by atoms with Crippen LogP contribution in [0.15, 0.2) is 72.4 Å². The van der Waals surface area contributed by atoms with Crippen molar-refractivity contribution in [1.82, 2.24) is 0 Å². The van der Waals surface area contributed by atoms with Crippen molar-refractivity contribution < 1.29 is 4.79 Å². The van der Waals surface area contributed by atoms with Crippen LogP contribution in [0.1, 0.15) is 23.2 Å². The largest absolute Gasteiger partial charge is 0.348 e. The van der Waals surface area contributed by atoms with Gasteiger partial charge >= 0.3 is 0 Å². The average molecular weight is 263 g/mol. The van der Waals surface area contributed by atoms with Crippen molar-refractivity contribution in [3.8, 4) is 0 Å². The number of carbonyl (C=O) groups excluding carboxylic acids is 1. The first-order valence-electron chi connectivity index (χ1n) is 6.97. The van der Waals surface area contributed by atoms with Gasteiger partial charge < -0.3 is 4.90 Å². The summed E-state index contributed by atoms with van der Waals surface area (Å²) in [6.07, 6.45) is 3.88. The van der Waals surface area contributed by atoms with E-state index >= 15 is 0 Å². The quantitative estimate of drug-likeness (QED) is 0.778. The molecule has 0 N–H and O–H groups in total. The van der Waals surface area contributed by atoms with Gasteiger partial charge in [-0.15, -0.1) is 0 Å². The molecule has 2 aromatic rings. The van der Waals surface area contributed by atoms with Gasteiger partial charge in [-0.2, -0.15) is 0 Å². The molecule has 0 saturated carbocycles. The minimum absolute atomic E-state index is 0.145. The molecule has 1 aliphatic rings. The van der Waals surface area contributed by atoms with E-state index in [0.29, 0.717) is 0 Å². The van der Waals surface area contributed by atoms with Crippen LogP contribution < -0.4 is 4.90 Å². The SMILES string of the molecule is O=C(C1=CN(c2ccccc2)CCC1)c1ccccc1.